The summed E-state index contributed by atoms with van der Waals surface area (Å²) >= 11 is 5.78. The molecule has 1 aliphatic heterocycles. The van der Waals surface area contributed by atoms with Crippen molar-refractivity contribution >= 4 is 27.3 Å². The van der Waals surface area contributed by atoms with Crippen molar-refractivity contribution in [2.75, 3.05) is 32.4 Å². The van der Waals surface area contributed by atoms with Crippen LogP contribution in [0.25, 0.3) is 0 Å². The lowest BCUT2D eigenvalue weighted by Gasteiger charge is -2.36. The van der Waals surface area contributed by atoms with Gasteiger partial charge in [-0.15, -0.1) is 0 Å². The summed E-state index contributed by atoms with van der Waals surface area (Å²) in [5, 5.41) is 0.102. The monoisotopic (exact) mass is 321 g/mol. The van der Waals surface area contributed by atoms with Gasteiger partial charge in [-0.1, -0.05) is 11.6 Å². The quantitative estimate of drug-likeness (QED) is 0.836. The Bertz CT molecular complexity index is 623. The Hall–Kier alpha value is -0.890. The highest BCUT2D eigenvalue weighted by atomic mass is 35.5. The van der Waals surface area contributed by atoms with Crippen LogP contribution in [0.1, 0.15) is 6.92 Å². The molecule has 1 atom stereocenters. The van der Waals surface area contributed by atoms with Crippen molar-refractivity contribution in [3.63, 3.8) is 0 Å². The number of hydrogen-bond acceptors (Lipinski definition) is 4. The van der Waals surface area contributed by atoms with Gasteiger partial charge in [-0.2, -0.15) is 4.31 Å². The third kappa shape index (κ3) is 2.76. The Morgan fingerprint density at radius 2 is 2.05 bits per heavy atom. The van der Waals surface area contributed by atoms with Gasteiger partial charge in [0.25, 0.3) is 0 Å². The first-order chi connectivity index (χ1) is 9.23. The standard InChI is InChI=1S/C12H17ClFN3O2S/c1-8-7-17(4-3-16(8)2)20(18,19)11-6-9(13)5-10(15)12(11)14/h5-6,8H,3-4,7,15H2,1-2H3. The Kier molecular flexibility index (Phi) is 4.24. The number of sulfonamides is 1. The lowest BCUT2D eigenvalue weighted by atomic mass is 10.2. The van der Waals surface area contributed by atoms with Gasteiger partial charge in [-0.25, -0.2) is 12.8 Å². The number of halogens is 2. The molecule has 2 N–H and O–H groups in total. The van der Waals surface area contributed by atoms with Crippen LogP contribution in [0.2, 0.25) is 5.02 Å². The number of nitrogens with zero attached hydrogens (tertiary/aromatic N) is 2. The summed E-state index contributed by atoms with van der Waals surface area (Å²) in [6.07, 6.45) is 0. The normalized spacial score (nSPS) is 22.1. The van der Waals surface area contributed by atoms with Crippen LogP contribution in [-0.2, 0) is 10.0 Å². The molecule has 2 rings (SSSR count). The molecule has 1 aliphatic rings. The summed E-state index contributed by atoms with van der Waals surface area (Å²) in [5.74, 6) is -0.944. The molecular formula is C12H17ClFN3O2S. The second kappa shape index (κ2) is 5.48. The highest BCUT2D eigenvalue weighted by Crippen LogP contribution is 2.28. The number of anilines is 1. The molecule has 1 heterocycles. The fourth-order valence-corrected chi connectivity index (χ4v) is 4.07. The number of nitrogens with two attached hydrogens (primary N) is 1. The number of nitrogen functional groups attached to an aromatic ring is 1. The molecule has 0 saturated carbocycles. The van der Waals surface area contributed by atoms with Crippen LogP contribution < -0.4 is 5.73 Å². The number of hydrogen-bond donors (Lipinski definition) is 1. The molecule has 112 valence electrons. The largest absolute Gasteiger partial charge is 0.396 e. The maximum atomic E-state index is 14.0. The summed E-state index contributed by atoms with van der Waals surface area (Å²) in [5.41, 5.74) is 5.18. The van der Waals surface area contributed by atoms with Crippen molar-refractivity contribution < 1.29 is 12.8 Å². The third-order valence-corrected chi connectivity index (χ3v) is 5.65. The molecule has 8 heteroatoms. The summed E-state index contributed by atoms with van der Waals surface area (Å²) in [6, 6.07) is 2.37. The van der Waals surface area contributed by atoms with Gasteiger partial charge < -0.3 is 10.6 Å². The van der Waals surface area contributed by atoms with Gasteiger partial charge in [0.05, 0.1) is 5.69 Å². The van der Waals surface area contributed by atoms with Crippen molar-refractivity contribution in [2.45, 2.75) is 17.9 Å². The van der Waals surface area contributed by atoms with E-state index < -0.39 is 20.7 Å². The van der Waals surface area contributed by atoms with Gasteiger partial charge in [0.15, 0.2) is 5.82 Å². The number of rotatable bonds is 2. The maximum absolute atomic E-state index is 14.0. The zero-order valence-electron chi connectivity index (χ0n) is 11.3. The fraction of sp³-hybridized carbons (Fsp3) is 0.500. The first kappa shape index (κ1) is 15.5. The molecule has 0 bridgehead atoms. The lowest BCUT2D eigenvalue weighted by molar-refractivity contribution is 0.159. The van der Waals surface area contributed by atoms with E-state index in [0.29, 0.717) is 19.6 Å². The van der Waals surface area contributed by atoms with Gasteiger partial charge in [0.2, 0.25) is 10.0 Å². The van der Waals surface area contributed by atoms with E-state index in [1.807, 2.05) is 14.0 Å². The molecule has 1 fully saturated rings. The first-order valence-electron chi connectivity index (χ1n) is 6.18. The van der Waals surface area contributed by atoms with Crippen molar-refractivity contribution in [3.05, 3.63) is 23.0 Å². The average Bonchev–Trinajstić information content (AvgIpc) is 2.36. The van der Waals surface area contributed by atoms with Crippen molar-refractivity contribution in [2.24, 2.45) is 0 Å². The summed E-state index contributed by atoms with van der Waals surface area (Å²) in [4.78, 5) is 1.59. The van der Waals surface area contributed by atoms with Crippen LogP contribution >= 0.6 is 11.6 Å². The predicted octanol–water partition coefficient (Wildman–Crippen LogP) is 1.39. The van der Waals surface area contributed by atoms with Crippen LogP contribution in [-0.4, -0.2) is 50.3 Å². The first-order valence-corrected chi connectivity index (χ1v) is 8.00. The molecule has 1 aromatic rings. The van der Waals surface area contributed by atoms with Crippen molar-refractivity contribution in [3.8, 4) is 0 Å². The summed E-state index contributed by atoms with van der Waals surface area (Å²) in [7, 11) is -2.00. The molecule has 1 aromatic carbocycles. The third-order valence-electron chi connectivity index (χ3n) is 3.57. The van der Waals surface area contributed by atoms with Gasteiger partial charge in [0, 0.05) is 30.7 Å². The number of benzene rings is 1. The number of piperazine rings is 1. The molecule has 0 amide bonds. The predicted molar refractivity (Wildman–Crippen MR) is 76.7 cm³/mol. The van der Waals surface area contributed by atoms with Gasteiger partial charge >= 0.3 is 0 Å². The minimum absolute atomic E-state index is 0.0677. The van der Waals surface area contributed by atoms with E-state index in [-0.39, 0.29) is 16.8 Å². The van der Waals surface area contributed by atoms with E-state index in [1.165, 1.54) is 10.4 Å². The average molecular weight is 322 g/mol. The summed E-state index contributed by atoms with van der Waals surface area (Å²) in [6.45, 7) is 3.14. The fourth-order valence-electron chi connectivity index (χ4n) is 2.14. The van der Waals surface area contributed by atoms with Gasteiger partial charge in [-0.05, 0) is 26.1 Å². The second-order valence-corrected chi connectivity index (χ2v) is 7.34. The van der Waals surface area contributed by atoms with E-state index in [2.05, 4.69) is 4.90 Å². The number of likely N-dealkylation sites (N-methyl/N-ethyl adjacent to an activating group) is 1. The highest BCUT2D eigenvalue weighted by Gasteiger charge is 2.33. The lowest BCUT2D eigenvalue weighted by Crippen LogP contribution is -2.52. The molecule has 1 unspecified atom stereocenters. The topological polar surface area (TPSA) is 66.6 Å². The molecule has 20 heavy (non-hydrogen) atoms. The van der Waals surface area contributed by atoms with E-state index in [4.69, 9.17) is 17.3 Å². The van der Waals surface area contributed by atoms with E-state index in [0.717, 1.165) is 6.07 Å². The van der Waals surface area contributed by atoms with E-state index in [9.17, 15) is 12.8 Å². The Morgan fingerprint density at radius 3 is 2.65 bits per heavy atom. The van der Waals surface area contributed by atoms with Crippen LogP contribution in [0, 0.1) is 5.82 Å². The molecule has 0 spiro atoms. The van der Waals surface area contributed by atoms with Crippen LogP contribution in [0.4, 0.5) is 10.1 Å². The SMILES string of the molecule is CC1CN(S(=O)(=O)c2cc(Cl)cc(N)c2F)CCN1C. The molecular weight excluding hydrogens is 305 g/mol. The zero-order valence-corrected chi connectivity index (χ0v) is 12.9. The minimum atomic E-state index is -3.93. The van der Waals surface area contributed by atoms with Crippen molar-refractivity contribution in [1.82, 2.24) is 9.21 Å². The smallest absolute Gasteiger partial charge is 0.246 e. The molecule has 0 radical (unpaired) electrons. The van der Waals surface area contributed by atoms with Crippen LogP contribution in [0.5, 0.6) is 0 Å². The Balaban J connectivity index is 2.41. The van der Waals surface area contributed by atoms with Gasteiger partial charge in [0.1, 0.15) is 4.90 Å². The maximum Gasteiger partial charge on any atom is 0.246 e. The second-order valence-electron chi connectivity index (χ2n) is 5.00. The van der Waals surface area contributed by atoms with Crippen molar-refractivity contribution in [1.29, 1.82) is 0 Å². The van der Waals surface area contributed by atoms with E-state index in [1.54, 1.807) is 0 Å². The summed E-state index contributed by atoms with van der Waals surface area (Å²) < 4.78 is 40.3. The minimum Gasteiger partial charge on any atom is -0.396 e. The Morgan fingerprint density at radius 1 is 1.40 bits per heavy atom. The van der Waals surface area contributed by atoms with Crippen LogP contribution in [0.15, 0.2) is 17.0 Å². The van der Waals surface area contributed by atoms with E-state index >= 15 is 0 Å². The molecule has 0 aromatic heterocycles. The molecule has 0 aliphatic carbocycles. The zero-order chi connectivity index (χ0) is 15.1. The van der Waals surface area contributed by atoms with Crippen LogP contribution in [0.3, 0.4) is 0 Å². The highest BCUT2D eigenvalue weighted by molar-refractivity contribution is 7.89. The Labute approximate surface area is 123 Å². The molecule has 5 nitrogen and oxygen atoms in total. The van der Waals surface area contributed by atoms with Gasteiger partial charge in [-0.3, -0.25) is 0 Å². The molecule has 1 saturated heterocycles.